The summed E-state index contributed by atoms with van der Waals surface area (Å²) in [7, 11) is 1.86. The highest BCUT2D eigenvalue weighted by atomic mass is 16.6. The van der Waals surface area contributed by atoms with Crippen molar-refractivity contribution in [2.45, 2.75) is 51.6 Å². The maximum atomic E-state index is 12.2. The lowest BCUT2D eigenvalue weighted by molar-refractivity contribution is -0.384. The quantitative estimate of drug-likeness (QED) is 0.631. The second-order valence-corrected chi connectivity index (χ2v) is 8.51. The number of nitro groups is 1. The number of amides is 1. The molecule has 0 spiro atoms. The van der Waals surface area contributed by atoms with Crippen molar-refractivity contribution in [3.8, 4) is 0 Å². The minimum Gasteiger partial charge on any atom is -0.444 e. The Morgan fingerprint density at radius 3 is 2.54 bits per heavy atom. The second-order valence-electron chi connectivity index (χ2n) is 8.51. The smallest absolute Gasteiger partial charge is 0.412 e. The van der Waals surface area contributed by atoms with Gasteiger partial charge in [-0.25, -0.2) is 4.79 Å². The van der Waals surface area contributed by atoms with E-state index < -0.39 is 22.0 Å². The molecule has 1 saturated carbocycles. The van der Waals surface area contributed by atoms with E-state index in [2.05, 4.69) is 22.4 Å². The van der Waals surface area contributed by atoms with Crippen LogP contribution >= 0.6 is 0 Å². The minimum atomic E-state index is -0.670. The Morgan fingerprint density at radius 1 is 1.36 bits per heavy atom. The van der Waals surface area contributed by atoms with E-state index in [9.17, 15) is 14.9 Å². The van der Waals surface area contributed by atoms with Gasteiger partial charge in [0, 0.05) is 19.2 Å². The van der Waals surface area contributed by atoms with Crippen LogP contribution in [0.25, 0.3) is 0 Å². The third-order valence-electron chi connectivity index (χ3n) is 4.86. The number of ether oxygens (including phenoxy) is 1. The van der Waals surface area contributed by atoms with Crippen molar-refractivity contribution in [2.24, 2.45) is 13.0 Å². The monoisotopic (exact) mass is 387 g/mol. The number of nitrogens with zero attached hydrogens (tertiary/aromatic N) is 4. The number of rotatable bonds is 4. The average molecular weight is 387 g/mol. The summed E-state index contributed by atoms with van der Waals surface area (Å²) in [4.78, 5) is 23.2. The summed E-state index contributed by atoms with van der Waals surface area (Å²) in [5, 5.41) is 22.4. The SMILES string of the molecule is CC1CC(c2cc(NC(=O)OC(C)(C)C)cc([N+](=O)[O-])c2)(c2nncn2C)C1. The molecule has 1 heterocycles. The highest BCUT2D eigenvalue weighted by Gasteiger charge is 2.48. The Labute approximate surface area is 163 Å². The normalized spacial score (nSPS) is 21.7. The van der Waals surface area contributed by atoms with Gasteiger partial charge in [-0.15, -0.1) is 10.2 Å². The van der Waals surface area contributed by atoms with E-state index in [0.717, 1.165) is 24.2 Å². The van der Waals surface area contributed by atoms with Crippen molar-refractivity contribution in [2.75, 3.05) is 5.32 Å². The predicted octanol–water partition coefficient (Wildman–Crippen LogP) is 3.79. The van der Waals surface area contributed by atoms with Gasteiger partial charge < -0.3 is 9.30 Å². The van der Waals surface area contributed by atoms with Gasteiger partial charge in [-0.3, -0.25) is 15.4 Å². The van der Waals surface area contributed by atoms with Crippen molar-refractivity contribution >= 4 is 17.5 Å². The van der Waals surface area contributed by atoms with Gasteiger partial charge in [0.1, 0.15) is 17.8 Å². The fourth-order valence-electron chi connectivity index (χ4n) is 3.88. The molecule has 2 aromatic rings. The van der Waals surface area contributed by atoms with Crippen LogP contribution in [0.15, 0.2) is 24.5 Å². The molecule has 0 atom stereocenters. The van der Waals surface area contributed by atoms with Gasteiger partial charge in [0.05, 0.1) is 16.0 Å². The first-order chi connectivity index (χ1) is 13.0. The van der Waals surface area contributed by atoms with Crippen molar-refractivity contribution < 1.29 is 14.5 Å². The number of carbonyl (C=O) groups is 1. The summed E-state index contributed by atoms with van der Waals surface area (Å²) < 4.78 is 7.11. The number of nitro benzene ring substituents is 1. The highest BCUT2D eigenvalue weighted by molar-refractivity contribution is 5.85. The van der Waals surface area contributed by atoms with Crippen LogP contribution in [-0.2, 0) is 17.2 Å². The molecule has 0 radical (unpaired) electrons. The van der Waals surface area contributed by atoms with Crippen LogP contribution in [0.5, 0.6) is 0 Å². The van der Waals surface area contributed by atoms with Gasteiger partial charge in [0.2, 0.25) is 0 Å². The molecule has 1 aromatic carbocycles. The molecule has 9 heteroatoms. The Bertz CT molecular complexity index is 909. The Hall–Kier alpha value is -2.97. The van der Waals surface area contributed by atoms with Crippen LogP contribution in [0.2, 0.25) is 0 Å². The predicted molar refractivity (Wildman–Crippen MR) is 103 cm³/mol. The third kappa shape index (κ3) is 3.83. The standard InChI is InChI=1S/C19H25N5O4/c1-12-9-19(10-12,16-22-20-11-23(16)5)13-6-14(8-15(7-13)24(26)27)21-17(25)28-18(2,3)4/h6-8,11-12H,9-10H2,1-5H3,(H,21,25). The van der Waals surface area contributed by atoms with Crippen LogP contribution in [0, 0.1) is 16.0 Å². The van der Waals surface area contributed by atoms with Gasteiger partial charge in [-0.05, 0) is 51.2 Å². The largest absolute Gasteiger partial charge is 0.444 e. The molecule has 28 heavy (non-hydrogen) atoms. The van der Waals surface area contributed by atoms with Gasteiger partial charge in [-0.2, -0.15) is 0 Å². The van der Waals surface area contributed by atoms with Crippen LogP contribution in [0.4, 0.5) is 16.2 Å². The average Bonchev–Trinajstić information content (AvgIpc) is 2.95. The maximum Gasteiger partial charge on any atom is 0.412 e. The van der Waals surface area contributed by atoms with E-state index in [1.54, 1.807) is 39.2 Å². The molecule has 1 aromatic heterocycles. The number of anilines is 1. The van der Waals surface area contributed by atoms with E-state index in [1.807, 2.05) is 11.6 Å². The summed E-state index contributed by atoms with van der Waals surface area (Å²) in [6.45, 7) is 7.39. The molecular formula is C19H25N5O4. The van der Waals surface area contributed by atoms with Crippen molar-refractivity contribution in [1.82, 2.24) is 14.8 Å². The Morgan fingerprint density at radius 2 is 2.04 bits per heavy atom. The number of aryl methyl sites for hydroxylation is 1. The van der Waals surface area contributed by atoms with E-state index in [4.69, 9.17) is 4.74 Å². The molecule has 1 amide bonds. The minimum absolute atomic E-state index is 0.0929. The van der Waals surface area contributed by atoms with Crippen molar-refractivity contribution in [1.29, 1.82) is 0 Å². The van der Waals surface area contributed by atoms with Crippen LogP contribution < -0.4 is 5.32 Å². The Kier molecular flexibility index (Phi) is 4.86. The number of nitrogens with one attached hydrogen (secondary N) is 1. The molecule has 0 aliphatic heterocycles. The zero-order chi connectivity index (χ0) is 20.7. The van der Waals surface area contributed by atoms with Gasteiger partial charge in [0.15, 0.2) is 0 Å². The summed E-state index contributed by atoms with van der Waals surface area (Å²) in [6, 6.07) is 4.65. The lowest BCUT2D eigenvalue weighted by Gasteiger charge is -2.46. The summed E-state index contributed by atoms with van der Waals surface area (Å²) in [5.74, 6) is 1.22. The second kappa shape index (κ2) is 6.88. The molecule has 1 N–H and O–H groups in total. The van der Waals surface area contributed by atoms with Gasteiger partial charge >= 0.3 is 6.09 Å². The van der Waals surface area contributed by atoms with E-state index in [0.29, 0.717) is 11.6 Å². The molecule has 0 unspecified atom stereocenters. The van der Waals surface area contributed by atoms with Crippen molar-refractivity contribution in [3.63, 3.8) is 0 Å². The molecular weight excluding hydrogens is 362 g/mol. The fourth-order valence-corrected chi connectivity index (χ4v) is 3.88. The first-order valence-corrected chi connectivity index (χ1v) is 9.14. The topological polar surface area (TPSA) is 112 Å². The van der Waals surface area contributed by atoms with Gasteiger partial charge in [-0.1, -0.05) is 6.92 Å². The number of non-ortho nitro benzene ring substituents is 1. The summed E-state index contributed by atoms with van der Waals surface area (Å²) in [6.07, 6.45) is 2.56. The molecule has 1 aliphatic rings. The van der Waals surface area contributed by atoms with Crippen LogP contribution in [0.1, 0.15) is 51.9 Å². The number of carbonyl (C=O) groups excluding carboxylic acids is 1. The van der Waals surface area contributed by atoms with Gasteiger partial charge in [0.25, 0.3) is 5.69 Å². The van der Waals surface area contributed by atoms with Crippen molar-refractivity contribution in [3.05, 3.63) is 46.0 Å². The number of aromatic nitrogens is 3. The Balaban J connectivity index is 2.03. The molecule has 1 fully saturated rings. The summed E-state index contributed by atoms with van der Waals surface area (Å²) in [5.41, 5.74) is -0.177. The number of hydrogen-bond acceptors (Lipinski definition) is 6. The maximum absolute atomic E-state index is 12.2. The zero-order valence-electron chi connectivity index (χ0n) is 16.7. The lowest BCUT2D eigenvalue weighted by Crippen LogP contribution is -2.43. The van der Waals surface area contributed by atoms with Crippen LogP contribution in [0.3, 0.4) is 0 Å². The molecule has 0 bridgehead atoms. The number of hydrogen-bond donors (Lipinski definition) is 1. The highest BCUT2D eigenvalue weighted by Crippen LogP contribution is 2.52. The van der Waals surface area contributed by atoms with E-state index in [1.165, 1.54) is 6.07 Å². The first kappa shape index (κ1) is 19.8. The summed E-state index contributed by atoms with van der Waals surface area (Å²) >= 11 is 0. The molecule has 3 rings (SSSR count). The lowest BCUT2D eigenvalue weighted by atomic mass is 9.58. The van der Waals surface area contributed by atoms with E-state index >= 15 is 0 Å². The molecule has 150 valence electrons. The molecule has 1 aliphatic carbocycles. The molecule has 9 nitrogen and oxygen atoms in total. The zero-order valence-corrected chi connectivity index (χ0v) is 16.7. The van der Waals surface area contributed by atoms with E-state index in [-0.39, 0.29) is 5.69 Å². The van der Waals surface area contributed by atoms with Crippen LogP contribution in [-0.4, -0.2) is 31.4 Å². The molecule has 0 saturated heterocycles. The fraction of sp³-hybridized carbons (Fsp3) is 0.526. The third-order valence-corrected chi connectivity index (χ3v) is 4.86. The first-order valence-electron chi connectivity index (χ1n) is 9.14. The number of benzene rings is 1.